The Morgan fingerprint density at radius 1 is 0.914 bits per heavy atom. The molecule has 1 aliphatic carbocycles. The summed E-state index contributed by atoms with van der Waals surface area (Å²) < 4.78 is 0. The number of hydrogen-bond donors (Lipinski definition) is 1. The summed E-state index contributed by atoms with van der Waals surface area (Å²) in [6.07, 6.45) is 6.58. The predicted octanol–water partition coefficient (Wildman–Crippen LogP) is 5.64. The van der Waals surface area contributed by atoms with Gasteiger partial charge in [0.15, 0.2) is 0 Å². The first-order valence-corrected chi connectivity index (χ1v) is 13.8. The zero-order chi connectivity index (χ0) is 24.6. The van der Waals surface area contributed by atoms with Crippen molar-refractivity contribution < 1.29 is 4.79 Å². The number of nitrogens with one attached hydrogen (secondary N) is 1. The fraction of sp³-hybridized carbons (Fsp3) is 0.567. The maximum Gasteiger partial charge on any atom is 0.253 e. The molecule has 1 N–H and O–H groups in total. The van der Waals surface area contributed by atoms with Crippen LogP contribution in [0.5, 0.6) is 0 Å². The van der Waals surface area contributed by atoms with E-state index in [0.717, 1.165) is 51.4 Å². The molecule has 190 valence electrons. The number of nitrogens with zero attached hydrogens (tertiary/aromatic N) is 3. The Bertz CT molecular complexity index is 926. The number of anilines is 1. The molecule has 1 saturated carbocycles. The standard InChI is InChI=1S/C30H44N4O/c1-4-32-19-21-34(22-20-32)29(24-15-17-25(18-16-24)30(35)33(5-2)6-3)26-11-10-14-28(23-26)31-27-12-8-7-9-13-27/h10-11,14-18,23,27,29,31H,4-9,12-13,19-22H2,1-3H3/t29-/m0/s1. The second kappa shape index (κ2) is 12.5. The number of piperazine rings is 1. The molecule has 1 amide bonds. The molecule has 0 bridgehead atoms. The quantitative estimate of drug-likeness (QED) is 0.508. The van der Waals surface area contributed by atoms with Gasteiger partial charge in [0.05, 0.1) is 6.04 Å². The van der Waals surface area contributed by atoms with E-state index in [4.69, 9.17) is 0 Å². The first kappa shape index (κ1) is 25.7. The van der Waals surface area contributed by atoms with Gasteiger partial charge >= 0.3 is 0 Å². The SMILES string of the molecule is CCN1CCN([C@@H](c2ccc(C(=O)N(CC)CC)cc2)c2cccc(NC3CCCCC3)c2)CC1. The first-order valence-electron chi connectivity index (χ1n) is 13.8. The van der Waals surface area contributed by atoms with Gasteiger partial charge in [0, 0.05) is 56.6 Å². The highest BCUT2D eigenvalue weighted by atomic mass is 16.2. The van der Waals surface area contributed by atoms with E-state index in [1.807, 2.05) is 30.9 Å². The summed E-state index contributed by atoms with van der Waals surface area (Å²) in [5.41, 5.74) is 4.61. The van der Waals surface area contributed by atoms with Crippen LogP contribution in [0.3, 0.4) is 0 Å². The molecule has 0 aromatic heterocycles. The molecule has 2 aromatic rings. The summed E-state index contributed by atoms with van der Waals surface area (Å²) >= 11 is 0. The summed E-state index contributed by atoms with van der Waals surface area (Å²) in [5, 5.41) is 3.82. The minimum Gasteiger partial charge on any atom is -0.382 e. The molecule has 0 radical (unpaired) electrons. The lowest BCUT2D eigenvalue weighted by atomic mass is 9.93. The van der Waals surface area contributed by atoms with E-state index in [1.165, 1.54) is 48.9 Å². The number of amides is 1. The summed E-state index contributed by atoms with van der Waals surface area (Å²) in [6, 6.07) is 18.2. The van der Waals surface area contributed by atoms with Crippen molar-refractivity contribution in [1.82, 2.24) is 14.7 Å². The smallest absolute Gasteiger partial charge is 0.253 e. The highest BCUT2D eigenvalue weighted by Crippen LogP contribution is 2.32. The predicted molar refractivity (Wildman–Crippen MR) is 146 cm³/mol. The molecule has 2 aliphatic rings. The van der Waals surface area contributed by atoms with Gasteiger partial charge in [0.25, 0.3) is 5.91 Å². The number of rotatable bonds is 9. The van der Waals surface area contributed by atoms with Gasteiger partial charge in [0.2, 0.25) is 0 Å². The van der Waals surface area contributed by atoms with Gasteiger partial charge in [-0.3, -0.25) is 9.69 Å². The van der Waals surface area contributed by atoms with E-state index in [1.54, 1.807) is 0 Å². The van der Waals surface area contributed by atoms with Crippen molar-refractivity contribution in [3.8, 4) is 0 Å². The molecule has 1 saturated heterocycles. The molecule has 1 atom stereocenters. The van der Waals surface area contributed by atoms with Crippen molar-refractivity contribution in [3.05, 3.63) is 65.2 Å². The Hall–Kier alpha value is -2.37. The average molecular weight is 477 g/mol. The monoisotopic (exact) mass is 476 g/mol. The van der Waals surface area contributed by atoms with Gasteiger partial charge in [-0.25, -0.2) is 0 Å². The number of carbonyl (C=O) groups excluding carboxylic acids is 1. The summed E-state index contributed by atoms with van der Waals surface area (Å²) in [6.45, 7) is 13.2. The topological polar surface area (TPSA) is 38.8 Å². The number of hydrogen-bond acceptors (Lipinski definition) is 4. The highest BCUT2D eigenvalue weighted by Gasteiger charge is 2.27. The lowest BCUT2D eigenvalue weighted by molar-refractivity contribution is 0.0773. The molecule has 0 spiro atoms. The van der Waals surface area contributed by atoms with Crippen molar-refractivity contribution in [1.29, 1.82) is 0 Å². The Labute approximate surface area is 212 Å². The second-order valence-electron chi connectivity index (χ2n) is 10.1. The third kappa shape index (κ3) is 6.45. The van der Waals surface area contributed by atoms with Crippen molar-refractivity contribution in [2.45, 2.75) is 65.0 Å². The van der Waals surface area contributed by atoms with E-state index in [9.17, 15) is 4.79 Å². The van der Waals surface area contributed by atoms with Crippen LogP contribution in [-0.2, 0) is 0 Å². The second-order valence-corrected chi connectivity index (χ2v) is 10.1. The Morgan fingerprint density at radius 2 is 1.60 bits per heavy atom. The number of likely N-dealkylation sites (N-methyl/N-ethyl adjacent to an activating group) is 1. The fourth-order valence-corrected chi connectivity index (χ4v) is 5.73. The highest BCUT2D eigenvalue weighted by molar-refractivity contribution is 5.94. The van der Waals surface area contributed by atoms with Gasteiger partial charge in [-0.05, 0) is 68.6 Å². The molecule has 4 rings (SSSR count). The van der Waals surface area contributed by atoms with E-state index in [-0.39, 0.29) is 11.9 Å². The minimum absolute atomic E-state index is 0.119. The normalized spacial score (nSPS) is 18.8. The zero-order valence-electron chi connectivity index (χ0n) is 22.0. The maximum absolute atomic E-state index is 12.9. The van der Waals surface area contributed by atoms with E-state index >= 15 is 0 Å². The third-order valence-corrected chi connectivity index (χ3v) is 7.92. The first-order chi connectivity index (χ1) is 17.1. The number of benzene rings is 2. The van der Waals surface area contributed by atoms with Gasteiger partial charge in [-0.15, -0.1) is 0 Å². The zero-order valence-corrected chi connectivity index (χ0v) is 22.0. The van der Waals surface area contributed by atoms with Crippen LogP contribution < -0.4 is 5.32 Å². The Kier molecular flexibility index (Phi) is 9.22. The van der Waals surface area contributed by atoms with Gasteiger partial charge in [-0.1, -0.05) is 50.5 Å². The molecule has 5 nitrogen and oxygen atoms in total. The fourth-order valence-electron chi connectivity index (χ4n) is 5.73. The van der Waals surface area contributed by atoms with E-state index in [2.05, 4.69) is 58.4 Å². The van der Waals surface area contributed by atoms with E-state index < -0.39 is 0 Å². The summed E-state index contributed by atoms with van der Waals surface area (Å²) in [4.78, 5) is 19.9. The van der Waals surface area contributed by atoms with Crippen LogP contribution in [0.2, 0.25) is 0 Å². The molecule has 1 heterocycles. The Morgan fingerprint density at radius 3 is 2.23 bits per heavy atom. The van der Waals surface area contributed by atoms with Crippen LogP contribution in [0.4, 0.5) is 5.69 Å². The van der Waals surface area contributed by atoms with Crippen molar-refractivity contribution >= 4 is 11.6 Å². The van der Waals surface area contributed by atoms with Crippen LogP contribution in [0, 0.1) is 0 Å². The largest absolute Gasteiger partial charge is 0.382 e. The van der Waals surface area contributed by atoms with Crippen molar-refractivity contribution in [2.24, 2.45) is 0 Å². The van der Waals surface area contributed by atoms with Crippen molar-refractivity contribution in [2.75, 3.05) is 51.1 Å². The van der Waals surface area contributed by atoms with Crippen LogP contribution in [0.25, 0.3) is 0 Å². The summed E-state index contributed by atoms with van der Waals surface area (Å²) in [7, 11) is 0. The number of carbonyl (C=O) groups is 1. The molecule has 2 fully saturated rings. The molecule has 5 heteroatoms. The molecule has 1 aliphatic heterocycles. The average Bonchev–Trinajstić information content (AvgIpc) is 2.91. The molecular formula is C30H44N4O. The van der Waals surface area contributed by atoms with Crippen LogP contribution >= 0.6 is 0 Å². The van der Waals surface area contributed by atoms with Crippen LogP contribution in [-0.4, -0.2) is 72.5 Å². The van der Waals surface area contributed by atoms with Gasteiger partial charge in [-0.2, -0.15) is 0 Å². The molecular weight excluding hydrogens is 432 g/mol. The maximum atomic E-state index is 12.9. The lowest BCUT2D eigenvalue weighted by Crippen LogP contribution is -2.47. The van der Waals surface area contributed by atoms with Gasteiger partial charge in [0.1, 0.15) is 0 Å². The molecule has 2 aromatic carbocycles. The van der Waals surface area contributed by atoms with Crippen LogP contribution in [0.15, 0.2) is 48.5 Å². The van der Waals surface area contributed by atoms with E-state index in [0.29, 0.717) is 6.04 Å². The Balaban J connectivity index is 1.60. The van der Waals surface area contributed by atoms with Crippen LogP contribution in [0.1, 0.15) is 80.4 Å². The summed E-state index contributed by atoms with van der Waals surface area (Å²) in [5.74, 6) is 0.119. The molecule has 35 heavy (non-hydrogen) atoms. The minimum atomic E-state index is 0.119. The van der Waals surface area contributed by atoms with Gasteiger partial charge < -0.3 is 15.1 Å². The lowest BCUT2D eigenvalue weighted by Gasteiger charge is -2.39. The van der Waals surface area contributed by atoms with Crippen molar-refractivity contribution in [3.63, 3.8) is 0 Å². The molecule has 0 unspecified atom stereocenters. The third-order valence-electron chi connectivity index (χ3n) is 7.92.